The van der Waals surface area contributed by atoms with E-state index in [1.165, 1.54) is 108 Å². The average molecular weight is 457 g/mol. The van der Waals surface area contributed by atoms with Gasteiger partial charge in [0, 0.05) is 11.9 Å². The number of rotatable bonds is 20. The van der Waals surface area contributed by atoms with E-state index in [0.717, 1.165) is 6.42 Å². The van der Waals surface area contributed by atoms with E-state index in [2.05, 4.69) is 13.8 Å². The van der Waals surface area contributed by atoms with E-state index in [0.29, 0.717) is 11.9 Å². The molecule has 0 radical (unpaired) electrons. The Morgan fingerprint density at radius 2 is 1.00 bits per heavy atom. The van der Waals surface area contributed by atoms with Crippen LogP contribution in [0.25, 0.3) is 0 Å². The quantitative estimate of drug-likeness (QED) is 0.118. The molecule has 29 heavy (non-hydrogen) atoms. The van der Waals surface area contributed by atoms with Crippen LogP contribution >= 0.6 is 19.6 Å². The second kappa shape index (κ2) is 24.7. The third-order valence-corrected chi connectivity index (χ3v) is 6.27. The second-order valence-electron chi connectivity index (χ2n) is 8.01. The molecule has 1 atom stereocenters. The van der Waals surface area contributed by atoms with Crippen LogP contribution < -0.4 is 0 Å². The highest BCUT2D eigenvalue weighted by atomic mass is 32.2. The SMILES string of the molecule is CCCCCCCCCCCCCCCCCCSC(C)CCO.O=P(O)(O)O. The fraction of sp³-hybridized carbons (Fsp3) is 1.00. The predicted octanol–water partition coefficient (Wildman–Crippen LogP) is 6.82. The Kier molecular flexibility index (Phi) is 26.9. The minimum atomic E-state index is -4.64. The summed E-state index contributed by atoms with van der Waals surface area (Å²) in [5.41, 5.74) is 0. The lowest BCUT2D eigenvalue weighted by molar-refractivity contribution is 0.275. The molecule has 0 amide bonds. The lowest BCUT2D eigenvalue weighted by atomic mass is 10.0. The van der Waals surface area contributed by atoms with Crippen molar-refractivity contribution in [1.29, 1.82) is 0 Å². The lowest BCUT2D eigenvalue weighted by Gasteiger charge is -2.08. The van der Waals surface area contributed by atoms with Gasteiger partial charge in [-0.25, -0.2) is 4.57 Å². The van der Waals surface area contributed by atoms with Crippen LogP contribution in [-0.4, -0.2) is 37.4 Å². The van der Waals surface area contributed by atoms with E-state index in [4.69, 9.17) is 24.4 Å². The zero-order valence-electron chi connectivity index (χ0n) is 19.1. The molecule has 1 unspecified atom stereocenters. The van der Waals surface area contributed by atoms with Gasteiger partial charge in [0.15, 0.2) is 0 Å². The summed E-state index contributed by atoms with van der Waals surface area (Å²) in [7, 11) is -4.64. The van der Waals surface area contributed by atoms with Crippen molar-refractivity contribution in [3.05, 3.63) is 0 Å². The van der Waals surface area contributed by atoms with E-state index < -0.39 is 7.82 Å². The lowest BCUT2D eigenvalue weighted by Crippen LogP contribution is -2.00. The fourth-order valence-corrected chi connectivity index (χ4v) is 4.25. The summed E-state index contributed by atoms with van der Waals surface area (Å²) in [6, 6.07) is 0. The number of thioether (sulfide) groups is 1. The Balaban J connectivity index is 0. The molecule has 0 aromatic rings. The Morgan fingerprint density at radius 3 is 1.31 bits per heavy atom. The summed E-state index contributed by atoms with van der Waals surface area (Å²) in [6.45, 7) is 4.86. The first-order chi connectivity index (χ1) is 13.8. The predicted molar refractivity (Wildman–Crippen MR) is 127 cm³/mol. The van der Waals surface area contributed by atoms with Gasteiger partial charge in [-0.05, 0) is 18.6 Å². The van der Waals surface area contributed by atoms with Gasteiger partial charge in [-0.15, -0.1) is 0 Å². The minimum absolute atomic E-state index is 0.340. The maximum absolute atomic E-state index is 8.88. The molecule has 0 heterocycles. The molecule has 5 nitrogen and oxygen atoms in total. The summed E-state index contributed by atoms with van der Waals surface area (Å²) in [5.74, 6) is 1.28. The summed E-state index contributed by atoms with van der Waals surface area (Å²) in [5, 5.41) is 9.50. The van der Waals surface area contributed by atoms with Gasteiger partial charge < -0.3 is 19.8 Å². The number of aliphatic hydroxyl groups excluding tert-OH is 1. The Hall–Kier alpha value is 0.420. The maximum atomic E-state index is 8.88. The maximum Gasteiger partial charge on any atom is 0.466 e. The van der Waals surface area contributed by atoms with E-state index in [1.807, 2.05) is 11.8 Å². The molecule has 178 valence electrons. The van der Waals surface area contributed by atoms with Crippen molar-refractivity contribution in [2.75, 3.05) is 12.4 Å². The molecule has 0 rings (SSSR count). The van der Waals surface area contributed by atoms with Crippen molar-refractivity contribution in [3.8, 4) is 0 Å². The molecule has 0 saturated heterocycles. The van der Waals surface area contributed by atoms with Crippen molar-refractivity contribution in [2.24, 2.45) is 0 Å². The number of hydrogen-bond donors (Lipinski definition) is 4. The fourth-order valence-electron chi connectivity index (χ4n) is 3.20. The van der Waals surface area contributed by atoms with Crippen molar-refractivity contribution < 1.29 is 24.4 Å². The van der Waals surface area contributed by atoms with Gasteiger partial charge >= 0.3 is 7.82 Å². The first-order valence-corrected chi connectivity index (χ1v) is 14.4. The summed E-state index contributed by atoms with van der Waals surface area (Å²) >= 11 is 2.03. The number of hydrogen-bond acceptors (Lipinski definition) is 3. The van der Waals surface area contributed by atoms with Crippen molar-refractivity contribution in [1.82, 2.24) is 0 Å². The molecule has 0 saturated carbocycles. The van der Waals surface area contributed by atoms with Crippen molar-refractivity contribution in [3.63, 3.8) is 0 Å². The first kappa shape index (κ1) is 31.6. The number of unbranched alkanes of at least 4 members (excludes halogenated alkanes) is 15. The largest absolute Gasteiger partial charge is 0.466 e. The molecule has 4 N–H and O–H groups in total. The van der Waals surface area contributed by atoms with Crippen LogP contribution in [0.5, 0.6) is 0 Å². The smallest absolute Gasteiger partial charge is 0.396 e. The standard InChI is InChI=1S/C22H46OS.H3O4P/c1-3-4-5-6-7-8-9-10-11-12-13-14-15-16-17-18-21-24-22(2)19-20-23;1-5(2,3)4/h22-23H,3-21H2,1-2H3;(H3,1,2,3,4). The third kappa shape index (κ3) is 39.5. The minimum Gasteiger partial charge on any atom is -0.396 e. The number of phosphoric acid groups is 1. The normalized spacial score (nSPS) is 12.5. The van der Waals surface area contributed by atoms with Gasteiger partial charge in [0.05, 0.1) is 0 Å². The molecular formula is C22H49O5PS. The van der Waals surface area contributed by atoms with Crippen molar-refractivity contribution in [2.45, 2.75) is 128 Å². The van der Waals surface area contributed by atoms with E-state index in [1.54, 1.807) is 0 Å². The topological polar surface area (TPSA) is 98.0 Å². The van der Waals surface area contributed by atoms with Gasteiger partial charge in [0.2, 0.25) is 0 Å². The first-order valence-electron chi connectivity index (χ1n) is 11.8. The van der Waals surface area contributed by atoms with Crippen LogP contribution in [0.2, 0.25) is 0 Å². The molecule has 0 fully saturated rings. The van der Waals surface area contributed by atoms with Crippen LogP contribution in [0, 0.1) is 0 Å². The van der Waals surface area contributed by atoms with Crippen molar-refractivity contribution >= 4 is 19.6 Å². The second-order valence-corrected chi connectivity index (χ2v) is 10.6. The van der Waals surface area contributed by atoms with Gasteiger partial charge in [0.25, 0.3) is 0 Å². The molecular weight excluding hydrogens is 407 g/mol. The highest BCUT2D eigenvalue weighted by molar-refractivity contribution is 7.99. The molecule has 0 aliphatic heterocycles. The van der Waals surface area contributed by atoms with E-state index in [-0.39, 0.29) is 0 Å². The molecule has 0 spiro atoms. The van der Waals surface area contributed by atoms with Crippen LogP contribution in [0.1, 0.15) is 123 Å². The Morgan fingerprint density at radius 1 is 0.690 bits per heavy atom. The molecule has 0 aliphatic rings. The van der Waals surface area contributed by atoms with E-state index in [9.17, 15) is 0 Å². The van der Waals surface area contributed by atoms with E-state index >= 15 is 0 Å². The molecule has 0 aliphatic carbocycles. The zero-order valence-corrected chi connectivity index (χ0v) is 20.8. The van der Waals surface area contributed by atoms with Crippen LogP contribution in [0.4, 0.5) is 0 Å². The molecule has 0 aromatic heterocycles. The highest BCUT2D eigenvalue weighted by Gasteiger charge is 2.01. The number of aliphatic hydroxyl groups is 1. The highest BCUT2D eigenvalue weighted by Crippen LogP contribution is 2.25. The summed E-state index contributed by atoms with van der Waals surface area (Å²) < 4.78 is 8.88. The molecule has 0 aromatic carbocycles. The third-order valence-electron chi connectivity index (χ3n) is 4.94. The monoisotopic (exact) mass is 456 g/mol. The van der Waals surface area contributed by atoms with Gasteiger partial charge in [-0.2, -0.15) is 11.8 Å². The zero-order chi connectivity index (χ0) is 22.2. The van der Waals surface area contributed by atoms with Crippen LogP contribution in [-0.2, 0) is 4.57 Å². The van der Waals surface area contributed by atoms with Crippen LogP contribution in [0.3, 0.4) is 0 Å². The average Bonchev–Trinajstić information content (AvgIpc) is 2.63. The van der Waals surface area contributed by atoms with Gasteiger partial charge in [-0.1, -0.05) is 110 Å². The molecule has 7 heteroatoms. The summed E-state index contributed by atoms with van der Waals surface area (Å²) in [6.07, 6.45) is 24.0. The van der Waals surface area contributed by atoms with Crippen LogP contribution in [0.15, 0.2) is 0 Å². The molecule has 0 bridgehead atoms. The summed E-state index contributed by atoms with van der Waals surface area (Å²) in [4.78, 5) is 21.6. The Labute approximate surface area is 184 Å². The van der Waals surface area contributed by atoms with Gasteiger partial charge in [-0.3, -0.25) is 0 Å². The van der Waals surface area contributed by atoms with Gasteiger partial charge in [0.1, 0.15) is 0 Å². The Bertz CT molecular complexity index is 344.